The summed E-state index contributed by atoms with van der Waals surface area (Å²) in [5.74, 6) is 0.603. The molecule has 0 radical (unpaired) electrons. The third-order valence-electron chi connectivity index (χ3n) is 4.10. The Kier molecular flexibility index (Phi) is 5.31. The zero-order valence-electron chi connectivity index (χ0n) is 15.1. The van der Waals surface area contributed by atoms with E-state index in [1.54, 1.807) is 0 Å². The van der Waals surface area contributed by atoms with E-state index in [9.17, 15) is 4.79 Å². The first kappa shape index (κ1) is 17.7. The molecule has 0 saturated carbocycles. The maximum atomic E-state index is 12.2. The molecule has 0 spiro atoms. The fourth-order valence-electron chi connectivity index (χ4n) is 2.58. The second kappa shape index (κ2) is 7.82. The van der Waals surface area contributed by atoms with Crippen molar-refractivity contribution in [3.8, 4) is 17.0 Å². The number of benzene rings is 2. The molecule has 0 atom stereocenters. The van der Waals surface area contributed by atoms with Crippen LogP contribution < -0.4 is 10.1 Å². The predicted molar refractivity (Wildman–Crippen MR) is 99.2 cm³/mol. The molecular weight excluding hydrogens is 330 g/mol. The number of anilines is 1. The molecule has 134 valence electrons. The van der Waals surface area contributed by atoms with E-state index >= 15 is 0 Å². The molecule has 3 rings (SSSR count). The molecule has 0 saturated heterocycles. The quantitative estimate of drug-likeness (QED) is 0.728. The first-order chi connectivity index (χ1) is 12.6. The normalized spacial score (nSPS) is 10.6. The Bertz CT molecular complexity index is 901. The Balaban J connectivity index is 1.66. The number of hydrogen-bond acceptors (Lipinski definition) is 5. The number of carbonyl (C=O) groups is 1. The molecule has 0 unspecified atom stereocenters. The highest BCUT2D eigenvalue weighted by molar-refractivity contribution is 5.94. The van der Waals surface area contributed by atoms with Crippen LogP contribution in [0.3, 0.4) is 0 Å². The minimum absolute atomic E-state index is 0.120. The standard InChI is InChI=1S/C20H21N3O3/c1-4-15-7-9-16(10-8-15)25-12-18(24)21-20-19(22-26-23-20)17-11-13(2)5-6-14(17)3/h5-11H,4,12H2,1-3H3,(H,21,23,24). The molecule has 6 nitrogen and oxygen atoms in total. The van der Waals surface area contributed by atoms with Crippen molar-refractivity contribution in [3.05, 3.63) is 59.2 Å². The summed E-state index contributed by atoms with van der Waals surface area (Å²) < 4.78 is 10.3. The van der Waals surface area contributed by atoms with Gasteiger partial charge in [0.1, 0.15) is 5.75 Å². The van der Waals surface area contributed by atoms with Gasteiger partial charge < -0.3 is 10.1 Å². The highest BCUT2D eigenvalue weighted by Crippen LogP contribution is 2.28. The van der Waals surface area contributed by atoms with Gasteiger partial charge in [-0.2, -0.15) is 0 Å². The minimum Gasteiger partial charge on any atom is -0.484 e. The number of nitrogens with zero attached hydrogens (tertiary/aromatic N) is 2. The molecule has 0 bridgehead atoms. The van der Waals surface area contributed by atoms with Crippen LogP contribution in [0.25, 0.3) is 11.3 Å². The summed E-state index contributed by atoms with van der Waals surface area (Å²) in [6.45, 7) is 5.93. The molecular formula is C20H21N3O3. The average Bonchev–Trinajstić information content (AvgIpc) is 3.10. The number of carbonyl (C=O) groups excluding carboxylic acids is 1. The lowest BCUT2D eigenvalue weighted by atomic mass is 10.0. The van der Waals surface area contributed by atoms with E-state index in [0.717, 1.165) is 23.1 Å². The summed E-state index contributed by atoms with van der Waals surface area (Å²) in [5.41, 5.74) is 4.71. The molecule has 26 heavy (non-hydrogen) atoms. The van der Waals surface area contributed by atoms with Gasteiger partial charge in [-0.25, -0.2) is 4.63 Å². The van der Waals surface area contributed by atoms with Gasteiger partial charge in [0.05, 0.1) is 0 Å². The van der Waals surface area contributed by atoms with Gasteiger partial charge in [0.25, 0.3) is 5.91 Å². The maximum absolute atomic E-state index is 12.2. The monoisotopic (exact) mass is 351 g/mol. The van der Waals surface area contributed by atoms with E-state index in [0.29, 0.717) is 11.4 Å². The molecule has 0 aliphatic heterocycles. The Hall–Kier alpha value is -3.15. The summed E-state index contributed by atoms with van der Waals surface area (Å²) in [6.07, 6.45) is 0.959. The number of aryl methyl sites for hydroxylation is 3. The lowest BCUT2D eigenvalue weighted by Gasteiger charge is -2.08. The Morgan fingerprint density at radius 1 is 1.12 bits per heavy atom. The lowest BCUT2D eigenvalue weighted by molar-refractivity contribution is -0.118. The second-order valence-corrected chi connectivity index (χ2v) is 6.11. The van der Waals surface area contributed by atoms with Crippen LogP contribution in [0.15, 0.2) is 47.1 Å². The molecule has 2 aromatic carbocycles. The summed E-state index contributed by atoms with van der Waals surface area (Å²) in [5, 5.41) is 10.4. The summed E-state index contributed by atoms with van der Waals surface area (Å²) in [7, 11) is 0. The van der Waals surface area contributed by atoms with E-state index in [2.05, 4.69) is 22.6 Å². The van der Waals surface area contributed by atoms with Crippen molar-refractivity contribution in [2.75, 3.05) is 11.9 Å². The van der Waals surface area contributed by atoms with E-state index in [4.69, 9.17) is 9.37 Å². The van der Waals surface area contributed by atoms with E-state index in [-0.39, 0.29) is 18.3 Å². The fraction of sp³-hybridized carbons (Fsp3) is 0.250. The largest absolute Gasteiger partial charge is 0.484 e. The van der Waals surface area contributed by atoms with Crippen LogP contribution in [-0.4, -0.2) is 22.8 Å². The van der Waals surface area contributed by atoms with Crippen LogP contribution in [-0.2, 0) is 11.2 Å². The van der Waals surface area contributed by atoms with Crippen LogP contribution in [0.4, 0.5) is 5.82 Å². The molecule has 3 aromatic rings. The number of rotatable bonds is 6. The lowest BCUT2D eigenvalue weighted by Crippen LogP contribution is -2.20. The van der Waals surface area contributed by atoms with Gasteiger partial charge in [-0.1, -0.05) is 36.8 Å². The second-order valence-electron chi connectivity index (χ2n) is 6.11. The minimum atomic E-state index is -0.327. The molecule has 0 aliphatic rings. The maximum Gasteiger partial charge on any atom is 0.263 e. The summed E-state index contributed by atoms with van der Waals surface area (Å²) in [4.78, 5) is 12.2. The van der Waals surface area contributed by atoms with Crippen LogP contribution in [0, 0.1) is 13.8 Å². The Morgan fingerprint density at radius 2 is 1.88 bits per heavy atom. The number of ether oxygens (including phenoxy) is 1. The van der Waals surface area contributed by atoms with Gasteiger partial charge in [0, 0.05) is 5.56 Å². The van der Waals surface area contributed by atoms with Crippen LogP contribution >= 0.6 is 0 Å². The molecule has 6 heteroatoms. The van der Waals surface area contributed by atoms with Gasteiger partial charge in [-0.05, 0) is 59.9 Å². The van der Waals surface area contributed by atoms with Crippen molar-refractivity contribution in [2.24, 2.45) is 0 Å². The van der Waals surface area contributed by atoms with Gasteiger partial charge >= 0.3 is 0 Å². The highest BCUT2D eigenvalue weighted by atomic mass is 16.6. The van der Waals surface area contributed by atoms with Crippen LogP contribution in [0.1, 0.15) is 23.6 Å². The van der Waals surface area contributed by atoms with E-state index in [1.165, 1.54) is 5.56 Å². The Morgan fingerprint density at radius 3 is 2.62 bits per heavy atom. The average molecular weight is 351 g/mol. The van der Waals surface area contributed by atoms with Gasteiger partial charge in [-0.15, -0.1) is 0 Å². The van der Waals surface area contributed by atoms with Gasteiger partial charge in [0.15, 0.2) is 12.3 Å². The third kappa shape index (κ3) is 4.08. The summed E-state index contributed by atoms with van der Waals surface area (Å²) >= 11 is 0. The van der Waals surface area contributed by atoms with Gasteiger partial charge in [0.2, 0.25) is 5.82 Å². The van der Waals surface area contributed by atoms with Crippen molar-refractivity contribution in [1.82, 2.24) is 10.3 Å². The highest BCUT2D eigenvalue weighted by Gasteiger charge is 2.17. The fourth-order valence-corrected chi connectivity index (χ4v) is 2.58. The van der Waals surface area contributed by atoms with Gasteiger partial charge in [-0.3, -0.25) is 4.79 Å². The van der Waals surface area contributed by atoms with Crippen LogP contribution in [0.2, 0.25) is 0 Å². The molecule has 1 heterocycles. The molecule has 1 N–H and O–H groups in total. The smallest absolute Gasteiger partial charge is 0.263 e. The first-order valence-corrected chi connectivity index (χ1v) is 8.48. The number of amides is 1. The summed E-state index contributed by atoms with van der Waals surface area (Å²) in [6, 6.07) is 13.7. The first-order valence-electron chi connectivity index (χ1n) is 8.48. The van der Waals surface area contributed by atoms with E-state index in [1.807, 2.05) is 56.3 Å². The van der Waals surface area contributed by atoms with Crippen molar-refractivity contribution in [2.45, 2.75) is 27.2 Å². The number of hydrogen-bond donors (Lipinski definition) is 1. The molecule has 1 aromatic heterocycles. The van der Waals surface area contributed by atoms with Crippen molar-refractivity contribution >= 4 is 11.7 Å². The molecule has 0 fully saturated rings. The van der Waals surface area contributed by atoms with Crippen molar-refractivity contribution < 1.29 is 14.2 Å². The topological polar surface area (TPSA) is 77.2 Å². The zero-order chi connectivity index (χ0) is 18.5. The number of aromatic nitrogens is 2. The van der Waals surface area contributed by atoms with Crippen molar-refractivity contribution in [3.63, 3.8) is 0 Å². The van der Waals surface area contributed by atoms with Crippen LogP contribution in [0.5, 0.6) is 5.75 Å². The molecule has 0 aliphatic carbocycles. The zero-order valence-corrected chi connectivity index (χ0v) is 15.1. The molecule has 1 amide bonds. The third-order valence-corrected chi connectivity index (χ3v) is 4.10. The Labute approximate surface area is 152 Å². The van der Waals surface area contributed by atoms with E-state index < -0.39 is 0 Å². The SMILES string of the molecule is CCc1ccc(OCC(=O)Nc2nonc2-c2cc(C)ccc2C)cc1. The number of nitrogens with one attached hydrogen (secondary N) is 1. The predicted octanol–water partition coefficient (Wildman–Crippen LogP) is 3.93. The van der Waals surface area contributed by atoms with Crippen molar-refractivity contribution in [1.29, 1.82) is 0 Å².